The summed E-state index contributed by atoms with van der Waals surface area (Å²) in [6.07, 6.45) is 8.20. The number of pyridine rings is 2. The summed E-state index contributed by atoms with van der Waals surface area (Å²) in [6, 6.07) is 16.4. The van der Waals surface area contributed by atoms with Gasteiger partial charge in [0.1, 0.15) is 0 Å². The Kier molecular flexibility index (Phi) is 5.46. The zero-order chi connectivity index (χ0) is 20.3. The molecule has 0 bridgehead atoms. The highest BCUT2D eigenvalue weighted by Gasteiger charge is 2.42. The van der Waals surface area contributed by atoms with Crippen LogP contribution >= 0.6 is 12.2 Å². The third kappa shape index (κ3) is 3.82. The van der Waals surface area contributed by atoms with Gasteiger partial charge in [-0.3, -0.25) is 9.97 Å². The molecule has 154 valence electrons. The molecule has 2 aliphatic rings. The van der Waals surface area contributed by atoms with Crippen molar-refractivity contribution in [3.8, 4) is 0 Å². The largest absolute Gasteiger partial charge is 0.376 e. The summed E-state index contributed by atoms with van der Waals surface area (Å²) in [6.45, 7) is 2.34. The molecule has 2 fully saturated rings. The Hall–Kier alpha value is -2.77. The van der Waals surface area contributed by atoms with E-state index in [-0.39, 0.29) is 18.2 Å². The van der Waals surface area contributed by atoms with E-state index in [0.717, 1.165) is 49.0 Å². The molecular weight excluding hydrogens is 394 g/mol. The summed E-state index contributed by atoms with van der Waals surface area (Å²) >= 11 is 5.79. The van der Waals surface area contributed by atoms with E-state index in [2.05, 4.69) is 55.2 Å². The fourth-order valence-electron chi connectivity index (χ4n) is 4.44. The third-order valence-corrected chi connectivity index (χ3v) is 6.20. The maximum absolute atomic E-state index is 5.93. The summed E-state index contributed by atoms with van der Waals surface area (Å²) in [7, 11) is 0. The lowest BCUT2D eigenvalue weighted by Crippen LogP contribution is -2.36. The number of nitrogens with zero attached hydrogens (tertiary/aromatic N) is 4. The molecule has 5 rings (SSSR count). The molecular formula is C23H25N5OS. The second-order valence-corrected chi connectivity index (χ2v) is 8.18. The molecule has 3 unspecified atom stereocenters. The maximum Gasteiger partial charge on any atom is 0.170 e. The van der Waals surface area contributed by atoms with Gasteiger partial charge in [0.05, 0.1) is 36.1 Å². The predicted octanol–water partition coefficient (Wildman–Crippen LogP) is 3.48. The van der Waals surface area contributed by atoms with Crippen LogP contribution in [-0.4, -0.2) is 43.8 Å². The Morgan fingerprint density at radius 1 is 1.07 bits per heavy atom. The van der Waals surface area contributed by atoms with Crippen LogP contribution < -0.4 is 5.32 Å². The van der Waals surface area contributed by atoms with Crippen LogP contribution in [0.1, 0.15) is 42.0 Å². The molecule has 5 heterocycles. The molecule has 3 aromatic rings. The van der Waals surface area contributed by atoms with E-state index in [1.165, 1.54) is 5.69 Å². The van der Waals surface area contributed by atoms with Crippen molar-refractivity contribution >= 4 is 17.3 Å². The van der Waals surface area contributed by atoms with Gasteiger partial charge in [-0.1, -0.05) is 12.1 Å². The minimum atomic E-state index is -0.0162. The lowest BCUT2D eigenvalue weighted by molar-refractivity contribution is 0.0834. The molecule has 7 heteroatoms. The van der Waals surface area contributed by atoms with Crippen molar-refractivity contribution in [1.29, 1.82) is 0 Å². The molecule has 0 amide bonds. The maximum atomic E-state index is 5.93. The fourth-order valence-corrected chi connectivity index (χ4v) is 4.75. The summed E-state index contributed by atoms with van der Waals surface area (Å²) in [4.78, 5) is 11.4. The minimum Gasteiger partial charge on any atom is -0.376 e. The van der Waals surface area contributed by atoms with Gasteiger partial charge in [0.25, 0.3) is 0 Å². The number of aromatic nitrogens is 3. The lowest BCUT2D eigenvalue weighted by Gasteiger charge is -2.30. The first-order valence-corrected chi connectivity index (χ1v) is 10.8. The Morgan fingerprint density at radius 2 is 1.93 bits per heavy atom. The average molecular weight is 420 g/mol. The van der Waals surface area contributed by atoms with E-state index < -0.39 is 0 Å². The molecule has 3 atom stereocenters. The SMILES string of the molecule is S=C1NC(c2ccccn2)C(c2cccn2Cc2ccccn2)N1CC1CCCO1. The van der Waals surface area contributed by atoms with Crippen molar-refractivity contribution in [3.05, 3.63) is 84.2 Å². The van der Waals surface area contributed by atoms with Gasteiger partial charge in [-0.15, -0.1) is 0 Å². The molecule has 2 aliphatic heterocycles. The van der Waals surface area contributed by atoms with Gasteiger partial charge < -0.3 is 19.5 Å². The quantitative estimate of drug-likeness (QED) is 0.618. The number of rotatable bonds is 6. The van der Waals surface area contributed by atoms with Crippen LogP contribution in [0.4, 0.5) is 0 Å². The lowest BCUT2D eigenvalue weighted by atomic mass is 10.0. The van der Waals surface area contributed by atoms with Gasteiger partial charge in [-0.25, -0.2) is 0 Å². The van der Waals surface area contributed by atoms with Crippen LogP contribution in [0.5, 0.6) is 0 Å². The molecule has 30 heavy (non-hydrogen) atoms. The first-order chi connectivity index (χ1) is 14.8. The zero-order valence-corrected chi connectivity index (χ0v) is 17.5. The van der Waals surface area contributed by atoms with Crippen LogP contribution in [0, 0.1) is 0 Å². The topological polar surface area (TPSA) is 55.2 Å². The van der Waals surface area contributed by atoms with E-state index in [1.807, 2.05) is 36.7 Å². The van der Waals surface area contributed by atoms with Crippen molar-refractivity contribution in [3.63, 3.8) is 0 Å². The van der Waals surface area contributed by atoms with Crippen LogP contribution in [0.25, 0.3) is 0 Å². The van der Waals surface area contributed by atoms with Gasteiger partial charge in [0.2, 0.25) is 0 Å². The summed E-state index contributed by atoms with van der Waals surface area (Å²) < 4.78 is 8.20. The van der Waals surface area contributed by atoms with Crippen molar-refractivity contribution in [2.75, 3.05) is 13.2 Å². The summed E-state index contributed by atoms with van der Waals surface area (Å²) in [5.41, 5.74) is 3.22. The van der Waals surface area contributed by atoms with Crippen molar-refractivity contribution in [2.45, 2.75) is 37.6 Å². The smallest absolute Gasteiger partial charge is 0.170 e. The predicted molar refractivity (Wildman–Crippen MR) is 119 cm³/mol. The molecule has 3 aromatic heterocycles. The number of hydrogen-bond acceptors (Lipinski definition) is 4. The zero-order valence-electron chi connectivity index (χ0n) is 16.7. The number of ether oxygens (including phenoxy) is 1. The van der Waals surface area contributed by atoms with Gasteiger partial charge in [0.15, 0.2) is 5.11 Å². The van der Waals surface area contributed by atoms with Crippen LogP contribution in [-0.2, 0) is 11.3 Å². The standard InChI is InChI=1S/C23H25N5OS/c30-23-26-21(19-9-2-4-12-25-19)22(28(23)16-18-8-6-14-29-18)20-10-5-13-27(20)15-17-7-1-3-11-24-17/h1-5,7,9-13,18,21-22H,6,8,14-16H2,(H,26,30). The first kappa shape index (κ1) is 19.2. The molecule has 0 aromatic carbocycles. The van der Waals surface area contributed by atoms with Gasteiger partial charge in [0, 0.05) is 37.4 Å². The van der Waals surface area contributed by atoms with E-state index in [1.54, 1.807) is 0 Å². The molecule has 0 spiro atoms. The van der Waals surface area contributed by atoms with Crippen LogP contribution in [0.15, 0.2) is 67.1 Å². The van der Waals surface area contributed by atoms with Crippen LogP contribution in [0.3, 0.4) is 0 Å². The van der Waals surface area contributed by atoms with E-state index in [0.29, 0.717) is 0 Å². The Bertz CT molecular complexity index is 987. The number of hydrogen-bond donors (Lipinski definition) is 1. The minimum absolute atomic E-state index is 0.0162. The van der Waals surface area contributed by atoms with Gasteiger partial charge in [-0.05, 0) is 61.5 Å². The number of nitrogens with one attached hydrogen (secondary N) is 1. The molecule has 0 saturated carbocycles. The van der Waals surface area contributed by atoms with Crippen molar-refractivity contribution in [1.82, 2.24) is 24.8 Å². The first-order valence-electron chi connectivity index (χ1n) is 10.4. The van der Waals surface area contributed by atoms with Crippen molar-refractivity contribution < 1.29 is 4.74 Å². The van der Waals surface area contributed by atoms with Crippen molar-refractivity contribution in [2.24, 2.45) is 0 Å². The highest BCUT2D eigenvalue weighted by atomic mass is 32.1. The Balaban J connectivity index is 1.51. The van der Waals surface area contributed by atoms with E-state index in [9.17, 15) is 0 Å². The molecule has 0 radical (unpaired) electrons. The average Bonchev–Trinajstić information content (AvgIpc) is 3.52. The third-order valence-electron chi connectivity index (χ3n) is 5.85. The van der Waals surface area contributed by atoms with Gasteiger partial charge >= 0.3 is 0 Å². The highest BCUT2D eigenvalue weighted by molar-refractivity contribution is 7.80. The van der Waals surface area contributed by atoms with E-state index in [4.69, 9.17) is 17.0 Å². The highest BCUT2D eigenvalue weighted by Crippen LogP contribution is 2.39. The molecule has 2 saturated heterocycles. The molecule has 6 nitrogen and oxygen atoms in total. The fraction of sp³-hybridized carbons (Fsp3) is 0.348. The Morgan fingerprint density at radius 3 is 2.67 bits per heavy atom. The number of thiocarbonyl (C=S) groups is 1. The second-order valence-electron chi connectivity index (χ2n) is 7.80. The normalized spacial score (nSPS) is 23.7. The Labute approximate surface area is 181 Å². The molecule has 0 aliphatic carbocycles. The van der Waals surface area contributed by atoms with Crippen LogP contribution in [0.2, 0.25) is 0 Å². The second kappa shape index (κ2) is 8.53. The van der Waals surface area contributed by atoms with E-state index >= 15 is 0 Å². The summed E-state index contributed by atoms with van der Waals surface area (Å²) in [5.74, 6) is 0. The molecule has 1 N–H and O–H groups in total. The monoisotopic (exact) mass is 419 g/mol. The summed E-state index contributed by atoms with van der Waals surface area (Å²) in [5, 5.41) is 4.29. The van der Waals surface area contributed by atoms with Gasteiger partial charge in [-0.2, -0.15) is 0 Å².